The van der Waals surface area contributed by atoms with Gasteiger partial charge in [0.1, 0.15) is 5.69 Å². The minimum Gasteiger partial charge on any atom is -0.491 e. The van der Waals surface area contributed by atoms with Gasteiger partial charge in [-0.05, 0) is 25.7 Å². The summed E-state index contributed by atoms with van der Waals surface area (Å²) in [5.74, 6) is 0.0949. The van der Waals surface area contributed by atoms with Crippen LogP contribution < -0.4 is 10.2 Å². The number of rotatable bonds is 3. The van der Waals surface area contributed by atoms with Crippen molar-refractivity contribution in [3.8, 4) is 5.75 Å². The van der Waals surface area contributed by atoms with Crippen LogP contribution in [0, 0.1) is 5.41 Å². The van der Waals surface area contributed by atoms with E-state index in [4.69, 9.17) is 9.47 Å². The number of piperidine rings is 1. The molecule has 1 aromatic rings. The second kappa shape index (κ2) is 6.35. The van der Waals surface area contributed by atoms with Gasteiger partial charge in [-0.15, -0.1) is 0 Å². The van der Waals surface area contributed by atoms with Gasteiger partial charge >= 0.3 is 0 Å². The number of carbonyl (C=O) groups is 1. The third kappa shape index (κ3) is 2.87. The lowest BCUT2D eigenvalue weighted by atomic mass is 9.76. The first-order valence-electron chi connectivity index (χ1n) is 8.18. The summed E-state index contributed by atoms with van der Waals surface area (Å²) < 4.78 is 10.6. The lowest BCUT2D eigenvalue weighted by molar-refractivity contribution is -0.0296. The minimum atomic E-state index is -0.281. The molecule has 6 nitrogen and oxygen atoms in total. The standard InChI is InChI=1S/C17H24N2O4/c1-22-14-10-18-12(9-13(14)20)16(21)19-8-4-7-17(11-19)6-3-5-15(17)23-2/h9-10,15H,3-8,11H2,1-2H3,(H,18,20)/t15-,17+/m1/s1. The van der Waals surface area contributed by atoms with Crippen molar-refractivity contribution < 1.29 is 14.3 Å². The summed E-state index contributed by atoms with van der Waals surface area (Å²) in [6.45, 7) is 1.43. The molecule has 1 spiro atoms. The maximum Gasteiger partial charge on any atom is 0.270 e. The number of hydrogen-bond acceptors (Lipinski definition) is 4. The first-order chi connectivity index (χ1) is 11.1. The van der Waals surface area contributed by atoms with Gasteiger partial charge in [-0.3, -0.25) is 9.59 Å². The van der Waals surface area contributed by atoms with Gasteiger partial charge in [-0.25, -0.2) is 0 Å². The van der Waals surface area contributed by atoms with Crippen LogP contribution in [0.1, 0.15) is 42.6 Å². The molecule has 1 saturated carbocycles. The molecule has 1 N–H and O–H groups in total. The molecule has 126 valence electrons. The van der Waals surface area contributed by atoms with Gasteiger partial charge in [0, 0.05) is 37.9 Å². The van der Waals surface area contributed by atoms with Crippen LogP contribution >= 0.6 is 0 Å². The molecule has 1 aliphatic heterocycles. The molecule has 1 aliphatic carbocycles. The molecule has 1 amide bonds. The summed E-state index contributed by atoms with van der Waals surface area (Å²) in [4.78, 5) is 29.4. The number of methoxy groups -OCH3 is 2. The third-order valence-corrected chi connectivity index (χ3v) is 5.33. The molecule has 0 aromatic carbocycles. The fourth-order valence-corrected chi connectivity index (χ4v) is 4.19. The highest BCUT2D eigenvalue weighted by atomic mass is 16.5. The Morgan fingerprint density at radius 1 is 1.35 bits per heavy atom. The monoisotopic (exact) mass is 320 g/mol. The van der Waals surface area contributed by atoms with Crippen molar-refractivity contribution in [1.82, 2.24) is 9.88 Å². The number of aromatic amines is 1. The van der Waals surface area contributed by atoms with Gasteiger partial charge in [0.2, 0.25) is 5.43 Å². The average molecular weight is 320 g/mol. The number of amides is 1. The van der Waals surface area contributed by atoms with Crippen molar-refractivity contribution in [3.05, 3.63) is 28.2 Å². The summed E-state index contributed by atoms with van der Waals surface area (Å²) in [7, 11) is 3.20. The quantitative estimate of drug-likeness (QED) is 0.922. The van der Waals surface area contributed by atoms with Crippen molar-refractivity contribution in [2.24, 2.45) is 5.41 Å². The van der Waals surface area contributed by atoms with Crippen LogP contribution in [0.25, 0.3) is 0 Å². The van der Waals surface area contributed by atoms with E-state index < -0.39 is 0 Å². The van der Waals surface area contributed by atoms with Gasteiger partial charge in [0.25, 0.3) is 5.91 Å². The van der Waals surface area contributed by atoms with Gasteiger partial charge in [0.05, 0.1) is 13.2 Å². The Kier molecular flexibility index (Phi) is 4.43. The van der Waals surface area contributed by atoms with Gasteiger partial charge in [-0.2, -0.15) is 0 Å². The van der Waals surface area contributed by atoms with Crippen LogP contribution in [0.5, 0.6) is 5.75 Å². The summed E-state index contributed by atoms with van der Waals surface area (Å²) in [6.07, 6.45) is 7.09. The van der Waals surface area contributed by atoms with Crippen molar-refractivity contribution in [3.63, 3.8) is 0 Å². The average Bonchev–Trinajstić information content (AvgIpc) is 2.95. The zero-order valence-corrected chi connectivity index (χ0v) is 13.8. The summed E-state index contributed by atoms with van der Waals surface area (Å²) >= 11 is 0. The molecule has 2 atom stereocenters. The Morgan fingerprint density at radius 3 is 2.83 bits per heavy atom. The Labute approximate surface area is 135 Å². The number of nitrogens with one attached hydrogen (secondary N) is 1. The predicted octanol–water partition coefficient (Wildman–Crippen LogP) is 1.80. The lowest BCUT2D eigenvalue weighted by Gasteiger charge is -2.43. The maximum atomic E-state index is 12.8. The molecule has 0 radical (unpaired) electrons. The fourth-order valence-electron chi connectivity index (χ4n) is 4.19. The van der Waals surface area contributed by atoms with E-state index in [0.29, 0.717) is 12.2 Å². The first kappa shape index (κ1) is 16.1. The molecule has 1 aromatic heterocycles. The number of ether oxygens (including phenoxy) is 2. The van der Waals surface area contributed by atoms with Crippen LogP contribution in [0.4, 0.5) is 0 Å². The van der Waals surface area contributed by atoms with Crippen LogP contribution in [0.15, 0.2) is 17.1 Å². The molecule has 1 saturated heterocycles. The van der Waals surface area contributed by atoms with E-state index in [0.717, 1.165) is 38.6 Å². The Hall–Kier alpha value is -1.82. The molecule has 6 heteroatoms. The predicted molar refractivity (Wildman–Crippen MR) is 85.8 cm³/mol. The lowest BCUT2D eigenvalue weighted by Crippen LogP contribution is -2.50. The Morgan fingerprint density at radius 2 is 2.13 bits per heavy atom. The van der Waals surface area contributed by atoms with Crippen molar-refractivity contribution in [2.75, 3.05) is 27.3 Å². The van der Waals surface area contributed by atoms with E-state index in [9.17, 15) is 9.59 Å². The second-order valence-corrected chi connectivity index (χ2v) is 6.59. The number of pyridine rings is 1. The molecule has 2 heterocycles. The van der Waals surface area contributed by atoms with Gasteiger partial charge in [-0.1, -0.05) is 6.42 Å². The van der Waals surface area contributed by atoms with Crippen LogP contribution in [0.3, 0.4) is 0 Å². The Balaban J connectivity index is 1.80. The Bertz CT molecular complexity index is 642. The molecular formula is C17H24N2O4. The first-order valence-corrected chi connectivity index (χ1v) is 8.18. The molecule has 0 bridgehead atoms. The SMILES string of the molecule is COc1c[nH]c(C(=O)N2CCC[C@@]3(CCC[C@H]3OC)C2)cc1=O. The number of hydrogen-bond donors (Lipinski definition) is 1. The number of nitrogens with zero attached hydrogens (tertiary/aromatic N) is 1. The number of carbonyl (C=O) groups excluding carboxylic acids is 1. The topological polar surface area (TPSA) is 71.6 Å². The van der Waals surface area contributed by atoms with E-state index in [1.807, 2.05) is 4.90 Å². The summed E-state index contributed by atoms with van der Waals surface area (Å²) in [5.41, 5.74) is 0.117. The molecule has 23 heavy (non-hydrogen) atoms. The van der Waals surface area contributed by atoms with E-state index >= 15 is 0 Å². The largest absolute Gasteiger partial charge is 0.491 e. The smallest absolute Gasteiger partial charge is 0.270 e. The molecule has 3 rings (SSSR count). The van der Waals surface area contributed by atoms with E-state index in [1.165, 1.54) is 19.4 Å². The van der Waals surface area contributed by atoms with Crippen LogP contribution in [0.2, 0.25) is 0 Å². The molecule has 2 aliphatic rings. The van der Waals surface area contributed by atoms with E-state index in [1.54, 1.807) is 7.11 Å². The van der Waals surface area contributed by atoms with Crippen molar-refractivity contribution >= 4 is 5.91 Å². The van der Waals surface area contributed by atoms with Crippen LogP contribution in [-0.4, -0.2) is 49.2 Å². The highest BCUT2D eigenvalue weighted by molar-refractivity contribution is 5.92. The van der Waals surface area contributed by atoms with Crippen molar-refractivity contribution in [2.45, 2.75) is 38.2 Å². The van der Waals surface area contributed by atoms with Gasteiger partial charge in [0.15, 0.2) is 5.75 Å². The zero-order chi connectivity index (χ0) is 16.4. The highest BCUT2D eigenvalue weighted by Gasteiger charge is 2.46. The summed E-state index contributed by atoms with van der Waals surface area (Å²) in [5, 5.41) is 0. The molecule has 0 unspecified atom stereocenters. The van der Waals surface area contributed by atoms with Gasteiger partial charge < -0.3 is 19.4 Å². The number of aromatic nitrogens is 1. The van der Waals surface area contributed by atoms with Crippen molar-refractivity contribution in [1.29, 1.82) is 0 Å². The number of H-pyrrole nitrogens is 1. The van der Waals surface area contributed by atoms with E-state index in [-0.39, 0.29) is 28.6 Å². The normalized spacial score (nSPS) is 27.4. The fraction of sp³-hybridized carbons (Fsp3) is 0.647. The highest BCUT2D eigenvalue weighted by Crippen LogP contribution is 2.46. The third-order valence-electron chi connectivity index (χ3n) is 5.33. The molecule has 2 fully saturated rings. The number of likely N-dealkylation sites (tertiary alicyclic amines) is 1. The summed E-state index contributed by atoms with van der Waals surface area (Å²) in [6, 6.07) is 1.32. The maximum absolute atomic E-state index is 12.8. The second-order valence-electron chi connectivity index (χ2n) is 6.59. The van der Waals surface area contributed by atoms with Crippen LogP contribution in [-0.2, 0) is 4.74 Å². The minimum absolute atomic E-state index is 0.0788. The van der Waals surface area contributed by atoms with E-state index in [2.05, 4.69) is 4.98 Å². The zero-order valence-electron chi connectivity index (χ0n) is 13.8. The molecular weight excluding hydrogens is 296 g/mol.